The molecule has 10 heteroatoms. The molecular formula is C23H25F3N2O4S. The van der Waals surface area contributed by atoms with Crippen molar-refractivity contribution in [1.82, 2.24) is 9.62 Å². The molecule has 2 atom stereocenters. The van der Waals surface area contributed by atoms with Gasteiger partial charge in [-0.2, -0.15) is 0 Å². The van der Waals surface area contributed by atoms with Crippen molar-refractivity contribution in [3.05, 3.63) is 59.4 Å². The van der Waals surface area contributed by atoms with Gasteiger partial charge < -0.3 is 10.0 Å². The Morgan fingerprint density at radius 3 is 2.42 bits per heavy atom. The minimum atomic E-state index is -3.61. The highest BCUT2D eigenvalue weighted by Crippen LogP contribution is 2.37. The molecule has 1 heterocycles. The van der Waals surface area contributed by atoms with Gasteiger partial charge in [-0.05, 0) is 55.4 Å². The fourth-order valence-electron chi connectivity index (χ4n) is 4.66. The first-order chi connectivity index (χ1) is 15.5. The first-order valence-corrected chi connectivity index (χ1v) is 12.6. The highest BCUT2D eigenvalue weighted by atomic mass is 32.2. The van der Waals surface area contributed by atoms with Gasteiger partial charge in [-0.15, -0.1) is 0 Å². The monoisotopic (exact) mass is 482 g/mol. The minimum absolute atomic E-state index is 0.00739. The molecule has 0 aromatic heterocycles. The number of carbonyl (C=O) groups excluding carboxylic acids is 1. The van der Waals surface area contributed by atoms with Gasteiger partial charge in [0.2, 0.25) is 10.0 Å². The topological polar surface area (TPSA) is 86.7 Å². The van der Waals surface area contributed by atoms with Gasteiger partial charge >= 0.3 is 0 Å². The van der Waals surface area contributed by atoms with Crippen molar-refractivity contribution in [2.24, 2.45) is 0 Å². The Morgan fingerprint density at radius 2 is 1.85 bits per heavy atom. The van der Waals surface area contributed by atoms with E-state index < -0.39 is 51.1 Å². The summed E-state index contributed by atoms with van der Waals surface area (Å²) >= 11 is 0. The zero-order valence-corrected chi connectivity index (χ0v) is 18.8. The molecule has 1 saturated heterocycles. The maximum absolute atomic E-state index is 15.4. The number of nitrogens with zero attached hydrogens (tertiary/aromatic N) is 1. The molecule has 33 heavy (non-hydrogen) atoms. The van der Waals surface area contributed by atoms with E-state index in [-0.39, 0.29) is 29.7 Å². The number of halogens is 3. The molecule has 1 aliphatic carbocycles. The van der Waals surface area contributed by atoms with Crippen molar-refractivity contribution < 1.29 is 31.5 Å². The number of hydrogen-bond acceptors (Lipinski definition) is 4. The quantitative estimate of drug-likeness (QED) is 0.663. The number of benzene rings is 2. The van der Waals surface area contributed by atoms with Gasteiger partial charge in [0.25, 0.3) is 5.91 Å². The molecule has 2 aromatic carbocycles. The van der Waals surface area contributed by atoms with Crippen molar-refractivity contribution >= 4 is 15.9 Å². The van der Waals surface area contributed by atoms with Crippen molar-refractivity contribution in [3.8, 4) is 11.1 Å². The maximum atomic E-state index is 15.4. The van der Waals surface area contributed by atoms with Crippen LogP contribution in [0.2, 0.25) is 0 Å². The van der Waals surface area contributed by atoms with Crippen LogP contribution >= 0.6 is 0 Å². The highest BCUT2D eigenvalue weighted by molar-refractivity contribution is 7.88. The lowest BCUT2D eigenvalue weighted by Crippen LogP contribution is -2.57. The summed E-state index contributed by atoms with van der Waals surface area (Å²) in [6.45, 7) is 0.218. The summed E-state index contributed by atoms with van der Waals surface area (Å²) in [6.07, 6.45) is 2.66. The van der Waals surface area contributed by atoms with E-state index in [9.17, 15) is 27.1 Å². The van der Waals surface area contributed by atoms with Crippen LogP contribution in [0, 0.1) is 17.5 Å². The van der Waals surface area contributed by atoms with Crippen molar-refractivity contribution in [1.29, 1.82) is 0 Å². The fraction of sp³-hybridized carbons (Fsp3) is 0.435. The van der Waals surface area contributed by atoms with Gasteiger partial charge in [0.1, 0.15) is 23.1 Å². The molecule has 1 aliphatic heterocycles. The normalized spacial score (nSPS) is 22.3. The first-order valence-electron chi connectivity index (χ1n) is 10.7. The number of amides is 1. The smallest absolute Gasteiger partial charge is 0.254 e. The average molecular weight is 483 g/mol. The molecule has 0 bridgehead atoms. The van der Waals surface area contributed by atoms with Gasteiger partial charge in [-0.1, -0.05) is 18.2 Å². The zero-order valence-electron chi connectivity index (χ0n) is 18.0. The molecule has 2 aromatic rings. The van der Waals surface area contributed by atoms with E-state index in [1.807, 2.05) is 0 Å². The predicted octanol–water partition coefficient (Wildman–Crippen LogP) is 2.75. The molecule has 0 unspecified atom stereocenters. The van der Waals surface area contributed by atoms with Crippen LogP contribution < -0.4 is 4.72 Å². The standard InChI is InChI=1S/C23H25F3N2O4S/c1-33(31,32)27-19-6-9-28(22(29)23(30)7-3-8-23)20(19)12-14-4-2-5-18(21(14)26)15-10-16(24)13-17(25)11-15/h2,4-5,10-11,13,19-20,27,30H,3,6-9,12H2,1H3/t19-,20-/m0/s1. The Bertz CT molecular complexity index is 1160. The van der Waals surface area contributed by atoms with E-state index in [4.69, 9.17) is 0 Å². The summed E-state index contributed by atoms with van der Waals surface area (Å²) in [4.78, 5) is 14.5. The van der Waals surface area contributed by atoms with E-state index in [0.717, 1.165) is 18.4 Å². The summed E-state index contributed by atoms with van der Waals surface area (Å²) in [5.41, 5.74) is -1.28. The van der Waals surface area contributed by atoms with E-state index in [1.165, 1.54) is 23.1 Å². The third-order valence-corrected chi connectivity index (χ3v) is 7.16. The summed E-state index contributed by atoms with van der Waals surface area (Å²) in [7, 11) is -3.61. The molecule has 178 valence electrons. The average Bonchev–Trinajstić information content (AvgIpc) is 3.06. The van der Waals surface area contributed by atoms with Crippen LogP contribution in [0.5, 0.6) is 0 Å². The molecule has 0 spiro atoms. The van der Waals surface area contributed by atoms with Crippen LogP contribution in [-0.2, 0) is 21.2 Å². The number of hydrogen-bond donors (Lipinski definition) is 2. The predicted molar refractivity (Wildman–Crippen MR) is 116 cm³/mol. The van der Waals surface area contributed by atoms with Crippen molar-refractivity contribution in [3.63, 3.8) is 0 Å². The van der Waals surface area contributed by atoms with E-state index >= 15 is 4.39 Å². The summed E-state index contributed by atoms with van der Waals surface area (Å²) in [5.74, 6) is -2.87. The molecular weight excluding hydrogens is 457 g/mol. The molecule has 4 rings (SSSR count). The van der Waals surface area contributed by atoms with Crippen LogP contribution in [0.3, 0.4) is 0 Å². The van der Waals surface area contributed by atoms with E-state index in [0.29, 0.717) is 31.7 Å². The zero-order chi connectivity index (χ0) is 24.0. The lowest BCUT2D eigenvalue weighted by molar-refractivity contribution is -0.161. The van der Waals surface area contributed by atoms with Crippen LogP contribution in [-0.4, -0.2) is 54.8 Å². The molecule has 2 fully saturated rings. The van der Waals surface area contributed by atoms with Crippen LogP contribution in [0.4, 0.5) is 13.2 Å². The van der Waals surface area contributed by atoms with Crippen molar-refractivity contribution in [2.75, 3.05) is 12.8 Å². The SMILES string of the molecule is CS(=O)(=O)N[C@H]1CCN(C(=O)C2(O)CCC2)[C@H]1Cc1cccc(-c2cc(F)cc(F)c2)c1F. The van der Waals surface area contributed by atoms with Crippen LogP contribution in [0.15, 0.2) is 36.4 Å². The number of carbonyl (C=O) groups is 1. The van der Waals surface area contributed by atoms with Crippen LogP contribution in [0.1, 0.15) is 31.2 Å². The van der Waals surface area contributed by atoms with Gasteiger partial charge in [-0.25, -0.2) is 26.3 Å². The Labute approximate surface area is 190 Å². The van der Waals surface area contributed by atoms with Crippen LogP contribution in [0.25, 0.3) is 11.1 Å². The molecule has 0 radical (unpaired) electrons. The summed E-state index contributed by atoms with van der Waals surface area (Å²) in [5, 5.41) is 10.6. The van der Waals surface area contributed by atoms with Gasteiger partial charge in [0.15, 0.2) is 0 Å². The lowest BCUT2D eigenvalue weighted by Gasteiger charge is -2.40. The van der Waals surface area contributed by atoms with E-state index in [1.54, 1.807) is 0 Å². The number of sulfonamides is 1. The Hall–Kier alpha value is -2.43. The largest absolute Gasteiger partial charge is 0.380 e. The Morgan fingerprint density at radius 1 is 1.18 bits per heavy atom. The second kappa shape index (κ2) is 8.73. The highest BCUT2D eigenvalue weighted by Gasteiger charge is 2.49. The number of likely N-dealkylation sites (tertiary alicyclic amines) is 1. The Balaban J connectivity index is 1.68. The van der Waals surface area contributed by atoms with Crippen molar-refractivity contribution in [2.45, 2.75) is 49.8 Å². The number of nitrogens with one attached hydrogen (secondary N) is 1. The maximum Gasteiger partial charge on any atom is 0.254 e. The lowest BCUT2D eigenvalue weighted by atomic mass is 9.79. The molecule has 1 amide bonds. The van der Waals surface area contributed by atoms with Gasteiger partial charge in [0.05, 0.1) is 12.3 Å². The third-order valence-electron chi connectivity index (χ3n) is 6.43. The van der Waals surface area contributed by atoms with Gasteiger partial charge in [-0.3, -0.25) is 4.79 Å². The van der Waals surface area contributed by atoms with E-state index in [2.05, 4.69) is 4.72 Å². The second-order valence-corrected chi connectivity index (χ2v) is 10.7. The molecule has 1 saturated carbocycles. The second-order valence-electron chi connectivity index (χ2n) is 8.88. The number of rotatable bonds is 6. The summed E-state index contributed by atoms with van der Waals surface area (Å²) in [6, 6.07) is 5.77. The fourth-order valence-corrected chi connectivity index (χ4v) is 5.48. The van der Waals surface area contributed by atoms with Gasteiger partial charge in [0, 0.05) is 24.2 Å². The third kappa shape index (κ3) is 4.92. The number of aliphatic hydroxyl groups is 1. The molecule has 2 aliphatic rings. The first kappa shape index (κ1) is 23.7. The summed E-state index contributed by atoms with van der Waals surface area (Å²) < 4.78 is 69.1. The molecule has 6 nitrogen and oxygen atoms in total. The molecule has 2 N–H and O–H groups in total. The minimum Gasteiger partial charge on any atom is -0.380 e. The Kier molecular flexibility index (Phi) is 6.28.